The number of unbranched alkanes of at least 4 members (excludes halogenated alkanes) is 2. The maximum Gasteiger partial charge on any atom is 0.139 e. The van der Waals surface area contributed by atoms with Crippen LogP contribution in [-0.4, -0.2) is 0 Å². The molecule has 0 nitrogen and oxygen atoms in total. The first kappa shape index (κ1) is 22.7. The Bertz CT molecular complexity index is 1060. The smallest absolute Gasteiger partial charge is 0.139 e. The predicted octanol–water partition coefficient (Wildman–Crippen LogP) is 7.86. The van der Waals surface area contributed by atoms with Gasteiger partial charge in [0.15, 0.2) is 0 Å². The molecule has 0 heterocycles. The molecule has 0 unspecified atom stereocenters. The number of hydrogen-bond acceptors (Lipinski definition) is 0. The summed E-state index contributed by atoms with van der Waals surface area (Å²) in [5.41, 5.74) is 2.88. The number of benzene rings is 3. The molecule has 0 aromatic heterocycles. The Morgan fingerprint density at radius 2 is 1.23 bits per heavy atom. The second kappa shape index (κ2) is 10.9. The average molecular weight is 421 g/mol. The molecule has 3 rings (SSSR count). The summed E-state index contributed by atoms with van der Waals surface area (Å²) in [7, 11) is 0. The van der Waals surface area contributed by atoms with E-state index in [0.29, 0.717) is 5.56 Å². The summed E-state index contributed by atoms with van der Waals surface area (Å²) in [6.45, 7) is 4.21. The SMILES string of the molecule is CCCCc1ccc(-c2c(F)cc(C#Cc3ccc(CCCC)cc3F)cc2F)cc1. The Labute approximate surface area is 183 Å². The molecule has 0 amide bonds. The van der Waals surface area contributed by atoms with Gasteiger partial charge in [0, 0.05) is 5.56 Å². The minimum atomic E-state index is -0.680. The summed E-state index contributed by atoms with van der Waals surface area (Å²) < 4.78 is 43.7. The molecule has 0 radical (unpaired) electrons. The Balaban J connectivity index is 1.82. The van der Waals surface area contributed by atoms with E-state index in [4.69, 9.17) is 0 Å². The maximum atomic E-state index is 14.7. The summed E-state index contributed by atoms with van der Waals surface area (Å²) in [5, 5.41) is 0. The van der Waals surface area contributed by atoms with Crippen LogP contribution < -0.4 is 0 Å². The van der Waals surface area contributed by atoms with E-state index in [1.54, 1.807) is 18.2 Å². The largest absolute Gasteiger partial charge is 0.206 e. The summed E-state index contributed by atoms with van der Waals surface area (Å²) in [4.78, 5) is 0. The van der Waals surface area contributed by atoms with E-state index in [9.17, 15) is 13.2 Å². The van der Waals surface area contributed by atoms with Crippen LogP contribution in [0, 0.1) is 29.3 Å². The molecule has 0 aliphatic rings. The van der Waals surface area contributed by atoms with Crippen molar-refractivity contribution in [3.8, 4) is 23.0 Å². The van der Waals surface area contributed by atoms with Gasteiger partial charge in [0.25, 0.3) is 0 Å². The number of rotatable bonds is 7. The van der Waals surface area contributed by atoms with Crippen LogP contribution in [0.25, 0.3) is 11.1 Å². The molecular weight excluding hydrogens is 393 g/mol. The van der Waals surface area contributed by atoms with E-state index in [1.807, 2.05) is 18.2 Å². The van der Waals surface area contributed by atoms with Gasteiger partial charge in [-0.05, 0) is 66.6 Å². The molecule has 0 saturated heterocycles. The zero-order valence-electron chi connectivity index (χ0n) is 18.1. The molecule has 0 aliphatic heterocycles. The second-order valence-corrected chi connectivity index (χ2v) is 7.78. The molecular formula is C28H27F3. The molecule has 3 aromatic rings. The van der Waals surface area contributed by atoms with Crippen LogP contribution in [0.1, 0.15) is 61.8 Å². The minimum Gasteiger partial charge on any atom is -0.206 e. The van der Waals surface area contributed by atoms with Crippen molar-refractivity contribution in [3.63, 3.8) is 0 Å². The van der Waals surface area contributed by atoms with E-state index in [0.717, 1.165) is 49.7 Å². The van der Waals surface area contributed by atoms with Gasteiger partial charge in [-0.15, -0.1) is 0 Å². The van der Waals surface area contributed by atoms with Crippen molar-refractivity contribution in [1.29, 1.82) is 0 Å². The molecule has 0 saturated carbocycles. The lowest BCUT2D eigenvalue weighted by molar-refractivity contribution is 0.589. The Kier molecular flexibility index (Phi) is 7.95. The molecule has 160 valence electrons. The van der Waals surface area contributed by atoms with Gasteiger partial charge in [0.2, 0.25) is 0 Å². The molecule has 0 bridgehead atoms. The lowest BCUT2D eigenvalue weighted by Gasteiger charge is -2.08. The lowest BCUT2D eigenvalue weighted by atomic mass is 9.99. The molecule has 0 N–H and O–H groups in total. The first-order chi connectivity index (χ1) is 15.0. The Morgan fingerprint density at radius 3 is 1.81 bits per heavy atom. The van der Waals surface area contributed by atoms with Crippen molar-refractivity contribution < 1.29 is 13.2 Å². The van der Waals surface area contributed by atoms with Crippen LogP contribution in [0.5, 0.6) is 0 Å². The van der Waals surface area contributed by atoms with Gasteiger partial charge in [-0.3, -0.25) is 0 Å². The van der Waals surface area contributed by atoms with Crippen LogP contribution in [0.3, 0.4) is 0 Å². The Hall–Kier alpha value is -2.99. The fourth-order valence-electron chi connectivity index (χ4n) is 3.48. The van der Waals surface area contributed by atoms with E-state index < -0.39 is 17.5 Å². The van der Waals surface area contributed by atoms with Gasteiger partial charge < -0.3 is 0 Å². The third-order valence-corrected chi connectivity index (χ3v) is 5.30. The monoisotopic (exact) mass is 420 g/mol. The highest BCUT2D eigenvalue weighted by molar-refractivity contribution is 5.66. The van der Waals surface area contributed by atoms with E-state index in [-0.39, 0.29) is 16.7 Å². The standard InChI is InChI=1S/C28H27F3/c1-3-5-7-20-9-15-24(16-10-20)28-26(30)18-22(19-27(28)31)12-14-23-13-11-21(8-6-4-2)17-25(23)29/h9-11,13,15-19H,3-8H2,1-2H3. The average Bonchev–Trinajstić information content (AvgIpc) is 2.76. The summed E-state index contributed by atoms with van der Waals surface area (Å²) >= 11 is 0. The maximum absolute atomic E-state index is 14.7. The van der Waals surface area contributed by atoms with Gasteiger partial charge in [0.1, 0.15) is 17.5 Å². The number of hydrogen-bond donors (Lipinski definition) is 0. The fraction of sp³-hybridized carbons (Fsp3) is 0.286. The van der Waals surface area contributed by atoms with Crippen molar-refractivity contribution in [3.05, 3.63) is 94.3 Å². The predicted molar refractivity (Wildman–Crippen MR) is 121 cm³/mol. The summed E-state index contributed by atoms with van der Waals surface area (Å²) in [6, 6.07) is 14.6. The quantitative estimate of drug-likeness (QED) is 0.341. The van der Waals surface area contributed by atoms with Crippen molar-refractivity contribution >= 4 is 0 Å². The molecule has 0 atom stereocenters. The zero-order chi connectivity index (χ0) is 22.2. The Morgan fingerprint density at radius 1 is 0.645 bits per heavy atom. The van der Waals surface area contributed by atoms with Crippen LogP contribution in [0.15, 0.2) is 54.6 Å². The van der Waals surface area contributed by atoms with Gasteiger partial charge in [0.05, 0.1) is 11.1 Å². The molecule has 0 aliphatic carbocycles. The minimum absolute atomic E-state index is 0.0703. The highest BCUT2D eigenvalue weighted by Crippen LogP contribution is 2.28. The topological polar surface area (TPSA) is 0 Å². The molecule has 31 heavy (non-hydrogen) atoms. The van der Waals surface area contributed by atoms with Crippen molar-refractivity contribution in [1.82, 2.24) is 0 Å². The molecule has 3 heteroatoms. The van der Waals surface area contributed by atoms with E-state index in [1.165, 1.54) is 18.2 Å². The molecule has 0 spiro atoms. The zero-order valence-corrected chi connectivity index (χ0v) is 18.1. The summed E-state index contributed by atoms with van der Waals surface area (Å²) in [6.07, 6.45) is 5.99. The van der Waals surface area contributed by atoms with Gasteiger partial charge in [-0.2, -0.15) is 0 Å². The lowest BCUT2D eigenvalue weighted by Crippen LogP contribution is -1.94. The first-order valence-corrected chi connectivity index (χ1v) is 10.9. The van der Waals surface area contributed by atoms with Gasteiger partial charge in [-0.25, -0.2) is 13.2 Å². The van der Waals surface area contributed by atoms with Crippen LogP contribution >= 0.6 is 0 Å². The first-order valence-electron chi connectivity index (χ1n) is 10.9. The third-order valence-electron chi connectivity index (χ3n) is 5.30. The number of halogens is 3. The van der Waals surface area contributed by atoms with Crippen molar-refractivity contribution in [2.45, 2.75) is 52.4 Å². The van der Waals surface area contributed by atoms with E-state index in [2.05, 4.69) is 25.7 Å². The normalized spacial score (nSPS) is 10.6. The number of aryl methyl sites for hydroxylation is 2. The van der Waals surface area contributed by atoms with Gasteiger partial charge in [-0.1, -0.05) is 68.9 Å². The summed E-state index contributed by atoms with van der Waals surface area (Å²) in [5.74, 6) is 3.61. The molecule has 0 fully saturated rings. The van der Waals surface area contributed by atoms with Crippen LogP contribution in [-0.2, 0) is 12.8 Å². The van der Waals surface area contributed by atoms with Crippen LogP contribution in [0.2, 0.25) is 0 Å². The highest BCUT2D eigenvalue weighted by Gasteiger charge is 2.13. The second-order valence-electron chi connectivity index (χ2n) is 7.78. The van der Waals surface area contributed by atoms with Crippen molar-refractivity contribution in [2.75, 3.05) is 0 Å². The highest BCUT2D eigenvalue weighted by atomic mass is 19.1. The van der Waals surface area contributed by atoms with Crippen molar-refractivity contribution in [2.24, 2.45) is 0 Å². The van der Waals surface area contributed by atoms with E-state index >= 15 is 0 Å². The third kappa shape index (κ3) is 6.01. The fourth-order valence-corrected chi connectivity index (χ4v) is 3.48. The van der Waals surface area contributed by atoms with Crippen LogP contribution in [0.4, 0.5) is 13.2 Å². The van der Waals surface area contributed by atoms with Gasteiger partial charge >= 0.3 is 0 Å². The molecule has 3 aromatic carbocycles.